The van der Waals surface area contributed by atoms with Gasteiger partial charge in [-0.25, -0.2) is 4.79 Å². The SMILES string of the molecule is Cc1ccc(-c2nnc(CCC(=O)OCc3cc(=O)oc4cc(Br)ccc34)o2)cc1. The number of ether oxygens (including phenoxy) is 1. The lowest BCUT2D eigenvalue weighted by Crippen LogP contribution is -2.08. The van der Waals surface area contributed by atoms with E-state index in [1.807, 2.05) is 37.3 Å². The van der Waals surface area contributed by atoms with Crippen molar-refractivity contribution in [2.24, 2.45) is 0 Å². The van der Waals surface area contributed by atoms with Crippen molar-refractivity contribution >= 4 is 32.9 Å². The molecule has 0 fully saturated rings. The fourth-order valence-corrected chi connectivity index (χ4v) is 3.27. The Morgan fingerprint density at radius 1 is 1.07 bits per heavy atom. The number of rotatable bonds is 6. The molecule has 0 saturated heterocycles. The maximum Gasteiger partial charge on any atom is 0.336 e. The minimum absolute atomic E-state index is 0.0268. The Labute approximate surface area is 179 Å². The summed E-state index contributed by atoms with van der Waals surface area (Å²) in [7, 11) is 0. The van der Waals surface area contributed by atoms with Gasteiger partial charge in [-0.3, -0.25) is 4.79 Å². The van der Waals surface area contributed by atoms with E-state index in [2.05, 4.69) is 26.1 Å². The number of carbonyl (C=O) groups excluding carboxylic acids is 1. The first kappa shape index (κ1) is 20.0. The summed E-state index contributed by atoms with van der Waals surface area (Å²) in [4.78, 5) is 23.9. The molecule has 30 heavy (non-hydrogen) atoms. The van der Waals surface area contributed by atoms with E-state index in [1.165, 1.54) is 6.07 Å². The predicted molar refractivity (Wildman–Crippen MR) is 113 cm³/mol. The lowest BCUT2D eigenvalue weighted by atomic mass is 10.1. The molecule has 0 spiro atoms. The number of esters is 1. The molecule has 0 atom stereocenters. The molecule has 2 heterocycles. The van der Waals surface area contributed by atoms with Gasteiger partial charge in [0.05, 0.1) is 6.42 Å². The highest BCUT2D eigenvalue weighted by Crippen LogP contribution is 2.22. The van der Waals surface area contributed by atoms with Crippen LogP contribution >= 0.6 is 15.9 Å². The number of aryl methyl sites for hydroxylation is 2. The van der Waals surface area contributed by atoms with Crippen molar-refractivity contribution in [3.8, 4) is 11.5 Å². The topological polar surface area (TPSA) is 95.4 Å². The van der Waals surface area contributed by atoms with E-state index in [1.54, 1.807) is 12.1 Å². The van der Waals surface area contributed by atoms with Crippen LogP contribution in [0.5, 0.6) is 0 Å². The summed E-state index contributed by atoms with van der Waals surface area (Å²) in [5, 5.41) is 8.72. The van der Waals surface area contributed by atoms with E-state index in [4.69, 9.17) is 13.6 Å². The van der Waals surface area contributed by atoms with Gasteiger partial charge >= 0.3 is 11.6 Å². The van der Waals surface area contributed by atoms with Crippen molar-refractivity contribution in [3.05, 3.63) is 80.4 Å². The molecule has 4 aromatic rings. The molecule has 0 saturated carbocycles. The highest BCUT2D eigenvalue weighted by molar-refractivity contribution is 9.10. The standard InChI is InChI=1S/C22H17BrN2O5/c1-13-2-4-14(5-3-13)22-25-24-19(30-22)8-9-20(26)28-12-15-10-21(27)29-18-11-16(23)6-7-17(15)18/h2-7,10-11H,8-9,12H2,1H3. The van der Waals surface area contributed by atoms with Gasteiger partial charge in [-0.1, -0.05) is 33.6 Å². The van der Waals surface area contributed by atoms with E-state index in [9.17, 15) is 9.59 Å². The summed E-state index contributed by atoms with van der Waals surface area (Å²) < 4.78 is 16.9. The molecule has 2 aromatic heterocycles. The molecule has 152 valence electrons. The summed E-state index contributed by atoms with van der Waals surface area (Å²) in [5.41, 5.74) is 2.47. The molecule has 8 heteroatoms. The van der Waals surface area contributed by atoms with Crippen molar-refractivity contribution in [1.82, 2.24) is 10.2 Å². The van der Waals surface area contributed by atoms with Gasteiger partial charge in [-0.2, -0.15) is 0 Å². The minimum atomic E-state index is -0.499. The Morgan fingerprint density at radius 2 is 1.87 bits per heavy atom. The first-order valence-electron chi connectivity index (χ1n) is 9.25. The van der Waals surface area contributed by atoms with Crippen molar-refractivity contribution in [3.63, 3.8) is 0 Å². The van der Waals surface area contributed by atoms with Gasteiger partial charge in [-0.15, -0.1) is 10.2 Å². The molecule has 0 aliphatic carbocycles. The first-order chi connectivity index (χ1) is 14.5. The molecular formula is C22H17BrN2O5. The number of nitrogens with zero attached hydrogens (tertiary/aromatic N) is 2. The zero-order chi connectivity index (χ0) is 21.1. The molecule has 7 nitrogen and oxygen atoms in total. The Hall–Kier alpha value is -3.26. The van der Waals surface area contributed by atoms with Crippen molar-refractivity contribution in [1.29, 1.82) is 0 Å². The molecule has 0 radical (unpaired) electrons. The number of hydrogen-bond acceptors (Lipinski definition) is 7. The molecule has 2 aromatic carbocycles. The van der Waals surface area contributed by atoms with E-state index in [-0.39, 0.29) is 19.4 Å². The zero-order valence-corrected chi connectivity index (χ0v) is 17.6. The lowest BCUT2D eigenvalue weighted by Gasteiger charge is -2.07. The maximum atomic E-state index is 12.2. The Kier molecular flexibility index (Phi) is 5.76. The second-order valence-corrected chi connectivity index (χ2v) is 7.67. The third-order valence-electron chi connectivity index (χ3n) is 4.49. The van der Waals surface area contributed by atoms with Gasteiger partial charge in [0.1, 0.15) is 12.2 Å². The highest BCUT2D eigenvalue weighted by atomic mass is 79.9. The van der Waals surface area contributed by atoms with Crippen LogP contribution in [-0.2, 0) is 22.6 Å². The first-order valence-corrected chi connectivity index (χ1v) is 10.0. The Morgan fingerprint density at radius 3 is 2.67 bits per heavy atom. The fraction of sp³-hybridized carbons (Fsp3) is 0.182. The quantitative estimate of drug-likeness (QED) is 0.301. The summed E-state index contributed by atoms with van der Waals surface area (Å²) in [5.74, 6) is 0.341. The zero-order valence-electron chi connectivity index (χ0n) is 16.1. The van der Waals surface area contributed by atoms with E-state index in [0.29, 0.717) is 28.3 Å². The van der Waals surface area contributed by atoms with Crippen LogP contribution in [0.15, 0.2) is 66.6 Å². The average Bonchev–Trinajstić information content (AvgIpc) is 3.19. The number of carbonyl (C=O) groups is 1. The molecule has 0 aliphatic heterocycles. The molecule has 0 N–H and O–H groups in total. The highest BCUT2D eigenvalue weighted by Gasteiger charge is 2.13. The number of aromatic nitrogens is 2. The average molecular weight is 469 g/mol. The summed E-state index contributed by atoms with van der Waals surface area (Å²) in [6.45, 7) is 1.97. The van der Waals surface area contributed by atoms with Crippen LogP contribution in [0.1, 0.15) is 23.4 Å². The molecule has 0 bridgehead atoms. The molecular weight excluding hydrogens is 452 g/mol. The van der Waals surface area contributed by atoms with Gasteiger partial charge in [0.15, 0.2) is 0 Å². The third-order valence-corrected chi connectivity index (χ3v) is 4.98. The summed E-state index contributed by atoms with van der Waals surface area (Å²) >= 11 is 3.34. The minimum Gasteiger partial charge on any atom is -0.461 e. The van der Waals surface area contributed by atoms with Crippen LogP contribution in [0.25, 0.3) is 22.4 Å². The summed E-state index contributed by atoms with van der Waals surface area (Å²) in [6.07, 6.45) is 0.350. The Bertz CT molecular complexity index is 1260. The van der Waals surface area contributed by atoms with Gasteiger partial charge < -0.3 is 13.6 Å². The molecule has 0 unspecified atom stereocenters. The second-order valence-electron chi connectivity index (χ2n) is 6.76. The smallest absolute Gasteiger partial charge is 0.336 e. The number of fused-ring (bicyclic) bond motifs is 1. The number of hydrogen-bond donors (Lipinski definition) is 0. The van der Waals surface area contributed by atoms with Gasteiger partial charge in [-0.05, 0) is 37.3 Å². The normalized spacial score (nSPS) is 11.0. The molecule has 4 rings (SSSR count). The fourth-order valence-electron chi connectivity index (χ4n) is 2.93. The predicted octanol–water partition coefficient (Wildman–Crippen LogP) is 4.59. The van der Waals surface area contributed by atoms with Gasteiger partial charge in [0, 0.05) is 33.5 Å². The van der Waals surface area contributed by atoms with E-state index in [0.717, 1.165) is 15.6 Å². The van der Waals surface area contributed by atoms with Crippen molar-refractivity contribution in [2.45, 2.75) is 26.4 Å². The van der Waals surface area contributed by atoms with Crippen LogP contribution in [0, 0.1) is 6.92 Å². The largest absolute Gasteiger partial charge is 0.461 e. The van der Waals surface area contributed by atoms with Crippen LogP contribution in [0.2, 0.25) is 0 Å². The van der Waals surface area contributed by atoms with Gasteiger partial charge in [0.25, 0.3) is 0 Å². The maximum absolute atomic E-state index is 12.2. The van der Waals surface area contributed by atoms with Crippen LogP contribution in [0.4, 0.5) is 0 Å². The molecule has 0 amide bonds. The molecule has 0 aliphatic rings. The van der Waals surface area contributed by atoms with Crippen LogP contribution < -0.4 is 5.63 Å². The van der Waals surface area contributed by atoms with E-state index >= 15 is 0 Å². The second kappa shape index (κ2) is 8.62. The monoisotopic (exact) mass is 468 g/mol. The van der Waals surface area contributed by atoms with Crippen molar-refractivity contribution in [2.75, 3.05) is 0 Å². The van der Waals surface area contributed by atoms with Crippen LogP contribution in [0.3, 0.4) is 0 Å². The summed E-state index contributed by atoms with van der Waals surface area (Å²) in [6, 6.07) is 14.4. The Balaban J connectivity index is 1.36. The van der Waals surface area contributed by atoms with Crippen molar-refractivity contribution < 1.29 is 18.4 Å². The van der Waals surface area contributed by atoms with Gasteiger partial charge in [0.2, 0.25) is 11.8 Å². The third kappa shape index (κ3) is 4.65. The number of benzene rings is 2. The number of halogens is 1. The van der Waals surface area contributed by atoms with Crippen LogP contribution in [-0.4, -0.2) is 16.2 Å². The van der Waals surface area contributed by atoms with E-state index < -0.39 is 11.6 Å². The lowest BCUT2D eigenvalue weighted by molar-refractivity contribution is -0.144.